The highest BCUT2D eigenvalue weighted by Gasteiger charge is 2.46. The monoisotopic (exact) mass is 787 g/mol. The predicted molar refractivity (Wildman–Crippen MR) is 206 cm³/mol. The Hall–Kier alpha value is -4.69. The average molecular weight is 788 g/mol. The van der Waals surface area contributed by atoms with Gasteiger partial charge in [-0.3, -0.25) is 34.3 Å². The zero-order valence-corrected chi connectivity index (χ0v) is 31.9. The van der Waals surface area contributed by atoms with Crippen molar-refractivity contribution in [1.82, 2.24) is 20.0 Å². The number of nitrogens with zero attached hydrogens (tertiary/aromatic N) is 4. The van der Waals surface area contributed by atoms with Crippen LogP contribution >= 0.6 is 23.4 Å². The van der Waals surface area contributed by atoms with E-state index in [9.17, 15) is 24.0 Å². The van der Waals surface area contributed by atoms with Crippen molar-refractivity contribution >= 4 is 64.3 Å². The van der Waals surface area contributed by atoms with Crippen molar-refractivity contribution in [2.45, 2.75) is 41.5 Å². The molecule has 13 nitrogen and oxygen atoms in total. The van der Waals surface area contributed by atoms with Gasteiger partial charge < -0.3 is 24.0 Å². The molecule has 4 aliphatic rings. The largest absolute Gasteiger partial charge is 0.490 e. The summed E-state index contributed by atoms with van der Waals surface area (Å²) in [6, 6.07) is 18.2. The number of hydrogen-bond donors (Lipinski definition) is 1. The lowest BCUT2D eigenvalue weighted by Crippen LogP contribution is -2.54. The number of imide groups is 2. The highest BCUT2D eigenvalue weighted by Crippen LogP contribution is 2.48. The Morgan fingerprint density at radius 1 is 0.836 bits per heavy atom. The van der Waals surface area contributed by atoms with Crippen molar-refractivity contribution in [3.05, 3.63) is 82.5 Å². The third-order valence-corrected chi connectivity index (χ3v) is 11.5. The molecular weight excluding hydrogens is 746 g/mol. The second kappa shape index (κ2) is 17.8. The summed E-state index contributed by atoms with van der Waals surface area (Å²) in [4.78, 5) is 72.2. The van der Waals surface area contributed by atoms with E-state index in [4.69, 9.17) is 25.8 Å². The van der Waals surface area contributed by atoms with Crippen LogP contribution in [0.25, 0.3) is 0 Å². The van der Waals surface area contributed by atoms with Gasteiger partial charge in [0.2, 0.25) is 11.8 Å². The van der Waals surface area contributed by atoms with E-state index in [1.54, 1.807) is 23.9 Å². The van der Waals surface area contributed by atoms with Gasteiger partial charge in [0.05, 0.1) is 48.9 Å². The SMILES string of the molecule is O=C=C(CCOCCOCCOc1cccc2c1C(=O)N(C1CCC(=O)NC1=O)C2=O)N1CCN(CCCN2c3ccccc3Sc3ccc(Cl)cc32)CC1. The quantitative estimate of drug-likeness (QED) is 0.124. The van der Waals surface area contributed by atoms with E-state index in [1.165, 1.54) is 21.5 Å². The van der Waals surface area contributed by atoms with Crippen LogP contribution < -0.4 is 15.0 Å². The Balaban J connectivity index is 0.772. The summed E-state index contributed by atoms with van der Waals surface area (Å²) in [5, 5.41) is 2.92. The van der Waals surface area contributed by atoms with Crippen molar-refractivity contribution in [2.75, 3.05) is 77.2 Å². The van der Waals surface area contributed by atoms with E-state index < -0.39 is 29.7 Å². The third-order valence-electron chi connectivity index (χ3n) is 10.1. The molecule has 4 amide bonds. The van der Waals surface area contributed by atoms with Gasteiger partial charge >= 0.3 is 0 Å². The van der Waals surface area contributed by atoms with Crippen LogP contribution in [0.15, 0.2) is 76.2 Å². The molecule has 1 atom stereocenters. The molecule has 288 valence electrons. The first-order chi connectivity index (χ1) is 26.8. The Kier molecular flexibility index (Phi) is 12.5. The smallest absolute Gasteiger partial charge is 0.266 e. The number of para-hydroxylation sites is 1. The molecule has 1 N–H and O–H groups in total. The first kappa shape index (κ1) is 38.6. The molecule has 0 saturated carbocycles. The Labute approximate surface area is 328 Å². The zero-order valence-electron chi connectivity index (χ0n) is 30.3. The van der Waals surface area contributed by atoms with Crippen molar-refractivity contribution in [1.29, 1.82) is 0 Å². The minimum absolute atomic E-state index is 0.0461. The average Bonchev–Trinajstić information content (AvgIpc) is 3.45. The number of hydrogen-bond acceptors (Lipinski definition) is 12. The molecule has 3 aromatic carbocycles. The van der Waals surface area contributed by atoms with Gasteiger partial charge in [-0.05, 0) is 61.9 Å². The van der Waals surface area contributed by atoms with E-state index in [-0.39, 0.29) is 42.9 Å². The van der Waals surface area contributed by atoms with Gasteiger partial charge in [0.15, 0.2) is 0 Å². The predicted octanol–water partition coefficient (Wildman–Crippen LogP) is 4.57. The second-order valence-electron chi connectivity index (χ2n) is 13.5. The number of halogens is 1. The zero-order chi connectivity index (χ0) is 38.3. The van der Waals surface area contributed by atoms with E-state index in [0.717, 1.165) is 61.3 Å². The number of carbonyl (C=O) groups is 4. The number of benzene rings is 3. The first-order valence-corrected chi connectivity index (χ1v) is 19.7. The maximum atomic E-state index is 13.2. The van der Waals surface area contributed by atoms with E-state index in [1.807, 2.05) is 12.1 Å². The highest BCUT2D eigenvalue weighted by atomic mass is 35.5. The standard InChI is InChI=1S/C40H42ClN5O8S/c41-27-9-11-35-32(25-27)45(30-6-1-2-8-34(30)55-35)15-4-14-43-16-18-44(19-17-43)28(26-47)13-20-52-21-22-53-23-24-54-33-7-3-5-29-37(33)40(51)46(39(29)50)31-10-12-36(48)42-38(31)49/h1-3,5-9,11,25,31H,4,10,12-24H2,(H,42,48,49). The van der Waals surface area contributed by atoms with Crippen LogP contribution in [-0.4, -0.2) is 123 Å². The van der Waals surface area contributed by atoms with Gasteiger partial charge in [-0.15, -0.1) is 0 Å². The van der Waals surface area contributed by atoms with Crippen molar-refractivity contribution in [3.8, 4) is 5.75 Å². The lowest BCUT2D eigenvalue weighted by molar-refractivity contribution is -0.136. The van der Waals surface area contributed by atoms with Crippen LogP contribution in [-0.2, 0) is 23.9 Å². The summed E-state index contributed by atoms with van der Waals surface area (Å²) in [5.74, 6) is 0.0323. The van der Waals surface area contributed by atoms with Crippen molar-refractivity contribution < 1.29 is 38.2 Å². The molecule has 2 fully saturated rings. The fraction of sp³-hybridized carbons (Fsp3) is 0.400. The van der Waals surface area contributed by atoms with Crippen LogP contribution in [0, 0.1) is 0 Å². The molecule has 4 aliphatic heterocycles. The molecule has 55 heavy (non-hydrogen) atoms. The van der Waals surface area contributed by atoms with Gasteiger partial charge in [-0.25, -0.2) is 4.79 Å². The normalized spacial score (nSPS) is 18.1. The molecule has 0 aromatic heterocycles. The van der Waals surface area contributed by atoms with E-state index in [0.29, 0.717) is 31.9 Å². The van der Waals surface area contributed by atoms with Gasteiger partial charge in [-0.1, -0.05) is 41.6 Å². The van der Waals surface area contributed by atoms with E-state index >= 15 is 0 Å². The topological polar surface area (TPSA) is 138 Å². The lowest BCUT2D eigenvalue weighted by Gasteiger charge is -2.37. The number of fused-ring (bicyclic) bond motifs is 3. The number of piperidine rings is 1. The number of anilines is 2. The Morgan fingerprint density at radius 3 is 2.40 bits per heavy atom. The fourth-order valence-electron chi connectivity index (χ4n) is 7.32. The molecule has 15 heteroatoms. The Bertz CT molecular complexity index is 2000. The van der Waals surface area contributed by atoms with Crippen LogP contribution in [0.4, 0.5) is 11.4 Å². The minimum atomic E-state index is -1.05. The lowest BCUT2D eigenvalue weighted by atomic mass is 10.0. The third kappa shape index (κ3) is 8.75. The maximum Gasteiger partial charge on any atom is 0.266 e. The van der Waals surface area contributed by atoms with Crippen LogP contribution in [0.5, 0.6) is 5.75 Å². The number of rotatable bonds is 16. The van der Waals surface area contributed by atoms with Gasteiger partial charge in [0, 0.05) is 60.4 Å². The summed E-state index contributed by atoms with van der Waals surface area (Å²) >= 11 is 8.16. The summed E-state index contributed by atoms with van der Waals surface area (Å²) < 4.78 is 17.1. The minimum Gasteiger partial charge on any atom is -0.490 e. The first-order valence-electron chi connectivity index (χ1n) is 18.5. The highest BCUT2D eigenvalue weighted by molar-refractivity contribution is 7.99. The summed E-state index contributed by atoms with van der Waals surface area (Å²) in [5.41, 5.74) is 3.22. The van der Waals surface area contributed by atoms with E-state index in [2.05, 4.69) is 56.3 Å². The molecule has 7 rings (SSSR count). The number of ether oxygens (including phenoxy) is 3. The molecule has 0 bridgehead atoms. The van der Waals surface area contributed by atoms with Crippen molar-refractivity contribution in [2.24, 2.45) is 0 Å². The molecule has 1 unspecified atom stereocenters. The molecule has 0 spiro atoms. The number of amides is 4. The Morgan fingerprint density at radius 2 is 1.60 bits per heavy atom. The van der Waals surface area contributed by atoms with Crippen LogP contribution in [0.3, 0.4) is 0 Å². The second-order valence-corrected chi connectivity index (χ2v) is 15.0. The molecule has 0 radical (unpaired) electrons. The summed E-state index contributed by atoms with van der Waals surface area (Å²) in [7, 11) is 0. The maximum absolute atomic E-state index is 13.2. The number of carbonyl (C=O) groups excluding carboxylic acids is 5. The number of piperazine rings is 1. The van der Waals surface area contributed by atoms with Gasteiger partial charge in [-0.2, -0.15) is 0 Å². The molecule has 2 saturated heterocycles. The van der Waals surface area contributed by atoms with Crippen LogP contribution in [0.2, 0.25) is 5.02 Å². The van der Waals surface area contributed by atoms with Gasteiger partial charge in [0.1, 0.15) is 30.0 Å². The fourth-order valence-corrected chi connectivity index (χ4v) is 8.56. The molecule has 4 heterocycles. The summed E-state index contributed by atoms with van der Waals surface area (Å²) in [6.45, 7) is 6.40. The molecule has 0 aliphatic carbocycles. The molecular formula is C40H42ClN5O8S. The number of nitrogens with one attached hydrogen (secondary N) is 1. The summed E-state index contributed by atoms with van der Waals surface area (Å²) in [6.07, 6.45) is 1.58. The van der Waals surface area contributed by atoms with Crippen molar-refractivity contribution in [3.63, 3.8) is 0 Å². The molecule has 3 aromatic rings. The van der Waals surface area contributed by atoms with Crippen LogP contribution in [0.1, 0.15) is 46.4 Å². The van der Waals surface area contributed by atoms with Gasteiger partial charge in [0.25, 0.3) is 11.8 Å².